The molecule has 10 heteroatoms. The maximum atomic E-state index is 12.1. The van der Waals surface area contributed by atoms with Crippen molar-refractivity contribution < 1.29 is 18.3 Å². The molecule has 0 unspecified atom stereocenters. The summed E-state index contributed by atoms with van der Waals surface area (Å²) in [6, 6.07) is 7.70. The van der Waals surface area contributed by atoms with Gasteiger partial charge in [-0.15, -0.1) is 0 Å². The molecule has 0 atom stereocenters. The largest absolute Gasteiger partial charge is 0.477 e. The highest BCUT2D eigenvalue weighted by molar-refractivity contribution is 7.89. The minimum Gasteiger partial charge on any atom is -0.477 e. The van der Waals surface area contributed by atoms with E-state index in [9.17, 15) is 8.42 Å². The van der Waals surface area contributed by atoms with E-state index in [0.717, 1.165) is 0 Å². The van der Waals surface area contributed by atoms with Crippen LogP contribution in [0.15, 0.2) is 35.2 Å². The quantitative estimate of drug-likeness (QED) is 0.482. The summed E-state index contributed by atoms with van der Waals surface area (Å²) in [6.07, 6.45) is 6.13. The standard InChI is InChI=1S/C19H27N5O4S/c20-17-12-18(28-13-14-4-2-1-3-5-14)24-19(23-17)22-15-6-8-16(9-7-15)29(26,27)21-10-11-25/h6-9,12,14,21,25H,1-5,10-11,13H2,(H3,20,22,23,24). The molecule has 1 saturated carbocycles. The SMILES string of the molecule is Nc1cc(OCC2CCCCC2)nc(Nc2ccc(S(=O)(=O)NCCO)cc2)n1. The Bertz CT molecular complexity index is 899. The van der Waals surface area contributed by atoms with Crippen LogP contribution in [-0.2, 0) is 10.0 Å². The Morgan fingerprint density at radius 1 is 1.14 bits per heavy atom. The van der Waals surface area contributed by atoms with Crippen molar-refractivity contribution >= 4 is 27.5 Å². The number of hydrogen-bond acceptors (Lipinski definition) is 8. The molecule has 158 valence electrons. The molecule has 0 radical (unpaired) electrons. The van der Waals surface area contributed by atoms with Gasteiger partial charge < -0.3 is 20.9 Å². The van der Waals surface area contributed by atoms with Crippen LogP contribution in [0.4, 0.5) is 17.5 Å². The van der Waals surface area contributed by atoms with Gasteiger partial charge in [-0.1, -0.05) is 19.3 Å². The van der Waals surface area contributed by atoms with Gasteiger partial charge in [0.15, 0.2) is 0 Å². The van der Waals surface area contributed by atoms with Gasteiger partial charge in [0.05, 0.1) is 18.1 Å². The molecule has 1 fully saturated rings. The second-order valence-corrected chi connectivity index (χ2v) is 8.81. The molecular formula is C19H27N5O4S. The number of anilines is 3. The van der Waals surface area contributed by atoms with Crippen LogP contribution in [0.25, 0.3) is 0 Å². The number of aliphatic hydroxyl groups is 1. The van der Waals surface area contributed by atoms with Gasteiger partial charge in [0.1, 0.15) is 5.82 Å². The summed E-state index contributed by atoms with van der Waals surface area (Å²) in [4.78, 5) is 8.59. The third-order valence-electron chi connectivity index (χ3n) is 4.74. The van der Waals surface area contributed by atoms with Crippen LogP contribution in [-0.4, -0.2) is 43.3 Å². The van der Waals surface area contributed by atoms with Crippen LogP contribution in [0, 0.1) is 5.92 Å². The monoisotopic (exact) mass is 421 g/mol. The summed E-state index contributed by atoms with van der Waals surface area (Å²) in [5.74, 6) is 1.52. The topological polar surface area (TPSA) is 139 Å². The normalized spacial score (nSPS) is 15.2. The first-order chi connectivity index (χ1) is 14.0. The molecule has 1 aromatic heterocycles. The Hall–Kier alpha value is -2.43. The van der Waals surface area contributed by atoms with Gasteiger partial charge in [0, 0.05) is 18.3 Å². The van der Waals surface area contributed by atoms with E-state index in [4.69, 9.17) is 15.6 Å². The summed E-state index contributed by atoms with van der Waals surface area (Å²) < 4.78 is 32.2. The maximum Gasteiger partial charge on any atom is 0.240 e. The molecule has 0 spiro atoms. The third kappa shape index (κ3) is 6.28. The molecule has 0 saturated heterocycles. The molecule has 1 aliphatic carbocycles. The highest BCUT2D eigenvalue weighted by Gasteiger charge is 2.15. The Labute approximate surface area is 170 Å². The lowest BCUT2D eigenvalue weighted by molar-refractivity contribution is 0.203. The molecular weight excluding hydrogens is 394 g/mol. The van der Waals surface area contributed by atoms with Crippen LogP contribution in [0.5, 0.6) is 5.88 Å². The van der Waals surface area contributed by atoms with E-state index in [0.29, 0.717) is 24.1 Å². The third-order valence-corrected chi connectivity index (χ3v) is 6.22. The predicted molar refractivity (Wildman–Crippen MR) is 111 cm³/mol. The van der Waals surface area contributed by atoms with Crippen LogP contribution < -0.4 is 20.5 Å². The number of benzene rings is 1. The Kier molecular flexibility index (Phi) is 7.24. The summed E-state index contributed by atoms with van der Waals surface area (Å²) in [5, 5.41) is 11.8. The van der Waals surface area contributed by atoms with Crippen molar-refractivity contribution in [1.82, 2.24) is 14.7 Å². The zero-order valence-electron chi connectivity index (χ0n) is 16.2. The maximum absolute atomic E-state index is 12.1. The minimum atomic E-state index is -3.65. The number of hydrogen-bond donors (Lipinski definition) is 4. The van der Waals surface area contributed by atoms with Crippen LogP contribution in [0.2, 0.25) is 0 Å². The van der Waals surface area contributed by atoms with Gasteiger partial charge in [0.2, 0.25) is 21.9 Å². The van der Waals surface area contributed by atoms with Crippen LogP contribution in [0.3, 0.4) is 0 Å². The number of sulfonamides is 1. The van der Waals surface area contributed by atoms with E-state index in [1.807, 2.05) is 0 Å². The molecule has 1 aliphatic rings. The molecule has 0 aliphatic heterocycles. The number of nitrogens with zero attached hydrogens (tertiary/aromatic N) is 2. The van der Waals surface area contributed by atoms with Crippen molar-refractivity contribution in [3.63, 3.8) is 0 Å². The zero-order valence-corrected chi connectivity index (χ0v) is 17.0. The molecule has 0 bridgehead atoms. The van der Waals surface area contributed by atoms with E-state index >= 15 is 0 Å². The molecule has 1 aromatic carbocycles. The summed E-state index contributed by atoms with van der Waals surface area (Å²) >= 11 is 0. The van der Waals surface area contributed by atoms with E-state index < -0.39 is 10.0 Å². The molecule has 1 heterocycles. The fraction of sp³-hybridized carbons (Fsp3) is 0.474. The second kappa shape index (κ2) is 9.86. The Balaban J connectivity index is 1.64. The highest BCUT2D eigenvalue weighted by atomic mass is 32.2. The number of aromatic nitrogens is 2. The molecule has 9 nitrogen and oxygen atoms in total. The van der Waals surface area contributed by atoms with E-state index in [-0.39, 0.29) is 29.8 Å². The van der Waals surface area contributed by atoms with E-state index in [2.05, 4.69) is 20.0 Å². The van der Waals surface area contributed by atoms with Crippen molar-refractivity contribution in [3.8, 4) is 5.88 Å². The van der Waals surface area contributed by atoms with Crippen molar-refractivity contribution in [3.05, 3.63) is 30.3 Å². The molecule has 5 N–H and O–H groups in total. The van der Waals surface area contributed by atoms with Gasteiger partial charge >= 0.3 is 0 Å². The summed E-state index contributed by atoms with van der Waals surface area (Å²) in [7, 11) is -3.65. The van der Waals surface area contributed by atoms with Crippen LogP contribution in [0.1, 0.15) is 32.1 Å². The lowest BCUT2D eigenvalue weighted by atomic mass is 9.90. The first kappa shape index (κ1) is 21.3. The smallest absolute Gasteiger partial charge is 0.240 e. The van der Waals surface area contributed by atoms with Gasteiger partial charge in [-0.3, -0.25) is 0 Å². The number of nitrogen functional groups attached to an aromatic ring is 1. The van der Waals surface area contributed by atoms with E-state index in [1.165, 1.54) is 44.2 Å². The molecule has 0 amide bonds. The number of ether oxygens (including phenoxy) is 1. The van der Waals surface area contributed by atoms with Gasteiger partial charge in [-0.05, 0) is 43.0 Å². The number of nitrogens with one attached hydrogen (secondary N) is 2. The first-order valence-electron chi connectivity index (χ1n) is 9.71. The van der Waals surface area contributed by atoms with Crippen LogP contribution >= 0.6 is 0 Å². The van der Waals surface area contributed by atoms with Gasteiger partial charge in [-0.25, -0.2) is 13.1 Å². The lowest BCUT2D eigenvalue weighted by Crippen LogP contribution is -2.26. The summed E-state index contributed by atoms with van der Waals surface area (Å²) in [5.41, 5.74) is 6.48. The van der Waals surface area contributed by atoms with E-state index in [1.54, 1.807) is 18.2 Å². The fourth-order valence-corrected chi connectivity index (χ4v) is 4.26. The minimum absolute atomic E-state index is 0.0386. The summed E-state index contributed by atoms with van der Waals surface area (Å²) in [6.45, 7) is 0.309. The van der Waals surface area contributed by atoms with Crippen molar-refractivity contribution in [2.75, 3.05) is 30.8 Å². The fourth-order valence-electron chi connectivity index (χ4n) is 3.24. The zero-order chi connectivity index (χ0) is 20.7. The average molecular weight is 422 g/mol. The Morgan fingerprint density at radius 3 is 2.55 bits per heavy atom. The van der Waals surface area contributed by atoms with Crippen molar-refractivity contribution in [1.29, 1.82) is 0 Å². The van der Waals surface area contributed by atoms with Gasteiger partial charge in [-0.2, -0.15) is 9.97 Å². The average Bonchev–Trinajstić information content (AvgIpc) is 2.72. The lowest BCUT2D eigenvalue weighted by Gasteiger charge is -2.21. The number of aliphatic hydroxyl groups excluding tert-OH is 1. The van der Waals surface area contributed by atoms with Crippen molar-refractivity contribution in [2.24, 2.45) is 5.92 Å². The number of nitrogens with two attached hydrogens (primary N) is 1. The molecule has 3 rings (SSSR count). The Morgan fingerprint density at radius 2 is 1.86 bits per heavy atom. The van der Waals surface area contributed by atoms with Gasteiger partial charge in [0.25, 0.3) is 0 Å². The highest BCUT2D eigenvalue weighted by Crippen LogP contribution is 2.25. The number of rotatable bonds is 9. The first-order valence-corrected chi connectivity index (χ1v) is 11.2. The van der Waals surface area contributed by atoms with Crippen molar-refractivity contribution in [2.45, 2.75) is 37.0 Å². The molecule has 29 heavy (non-hydrogen) atoms. The predicted octanol–water partition coefficient (Wildman–Crippen LogP) is 2.03. The molecule has 2 aromatic rings. The second-order valence-electron chi connectivity index (χ2n) is 7.04.